The first kappa shape index (κ1) is 17.1. The molecule has 2 heterocycles. The Morgan fingerprint density at radius 2 is 2.08 bits per heavy atom. The molecule has 0 unspecified atom stereocenters. The van der Waals surface area contributed by atoms with E-state index < -0.39 is 4.92 Å². The second kappa shape index (κ2) is 7.02. The van der Waals surface area contributed by atoms with Gasteiger partial charge in [0.15, 0.2) is 0 Å². The van der Waals surface area contributed by atoms with Gasteiger partial charge in [-0.1, -0.05) is 24.3 Å². The number of nitrogens with two attached hydrogens (primary N) is 1. The topological polar surface area (TPSA) is 116 Å². The van der Waals surface area contributed by atoms with E-state index >= 15 is 0 Å². The largest absolute Gasteiger partial charge is 0.381 e. The van der Waals surface area contributed by atoms with Crippen LogP contribution >= 0.6 is 0 Å². The lowest BCUT2D eigenvalue weighted by Gasteiger charge is -2.39. The number of hydrogen-bond donors (Lipinski definition) is 2. The lowest BCUT2D eigenvalue weighted by Crippen LogP contribution is -2.40. The lowest BCUT2D eigenvalue weighted by molar-refractivity contribution is -0.384. The summed E-state index contributed by atoms with van der Waals surface area (Å²) in [5.74, 6) is 0.155. The van der Waals surface area contributed by atoms with Crippen molar-refractivity contribution >= 4 is 17.5 Å². The van der Waals surface area contributed by atoms with Gasteiger partial charge in [-0.15, -0.1) is 0 Å². The molecule has 3 N–H and O–H groups in total. The van der Waals surface area contributed by atoms with Crippen LogP contribution in [-0.2, 0) is 10.2 Å². The predicted molar refractivity (Wildman–Crippen MR) is 94.5 cm³/mol. The standard InChI is InChI=1S/C17H21N5O3/c1-12-4-2-3-5-13(12)17(6-8-25-9-7-17)11-20-16-19-10-14(22(23)24)15(18)21-16/h2-5,10H,6-9,11H2,1H3,(H3,18,19,20,21). The maximum Gasteiger partial charge on any atom is 0.329 e. The minimum absolute atomic E-state index is 0.0938. The molecule has 0 spiro atoms. The molecule has 25 heavy (non-hydrogen) atoms. The Kier molecular flexibility index (Phi) is 4.80. The third-order valence-corrected chi connectivity index (χ3v) is 4.75. The fourth-order valence-corrected chi connectivity index (χ4v) is 3.33. The summed E-state index contributed by atoms with van der Waals surface area (Å²) in [6.45, 7) is 4.10. The first-order valence-electron chi connectivity index (χ1n) is 8.16. The van der Waals surface area contributed by atoms with E-state index in [1.54, 1.807) is 0 Å². The molecule has 3 rings (SSSR count). The molecule has 8 heteroatoms. The van der Waals surface area contributed by atoms with Crippen molar-refractivity contribution in [2.24, 2.45) is 0 Å². The van der Waals surface area contributed by atoms with E-state index in [9.17, 15) is 10.1 Å². The van der Waals surface area contributed by atoms with Crippen LogP contribution in [0, 0.1) is 17.0 Å². The molecule has 0 radical (unpaired) electrons. The SMILES string of the molecule is Cc1ccccc1C1(CNc2ncc([N+](=O)[O-])c(N)n2)CCOCC1. The van der Waals surface area contributed by atoms with Crippen molar-refractivity contribution in [2.45, 2.75) is 25.2 Å². The zero-order valence-electron chi connectivity index (χ0n) is 14.1. The van der Waals surface area contributed by atoms with Crippen LogP contribution in [0.25, 0.3) is 0 Å². The molecular weight excluding hydrogens is 322 g/mol. The maximum atomic E-state index is 10.8. The number of aryl methyl sites for hydroxylation is 1. The van der Waals surface area contributed by atoms with Crippen LogP contribution in [0.4, 0.5) is 17.5 Å². The Labute approximate surface area is 145 Å². The molecule has 1 aromatic carbocycles. The van der Waals surface area contributed by atoms with Crippen LogP contribution in [0.15, 0.2) is 30.5 Å². The third kappa shape index (κ3) is 3.53. The highest BCUT2D eigenvalue weighted by molar-refractivity contribution is 5.53. The van der Waals surface area contributed by atoms with Gasteiger partial charge in [-0.2, -0.15) is 4.98 Å². The average molecular weight is 343 g/mol. The van der Waals surface area contributed by atoms with Crippen molar-refractivity contribution < 1.29 is 9.66 Å². The molecule has 1 fully saturated rings. The Morgan fingerprint density at radius 1 is 1.36 bits per heavy atom. The quantitative estimate of drug-likeness (QED) is 0.632. The molecule has 0 saturated carbocycles. The number of ether oxygens (including phenoxy) is 1. The van der Waals surface area contributed by atoms with Gasteiger partial charge in [0.1, 0.15) is 6.20 Å². The van der Waals surface area contributed by atoms with Gasteiger partial charge in [0.25, 0.3) is 0 Å². The van der Waals surface area contributed by atoms with E-state index in [4.69, 9.17) is 10.5 Å². The second-order valence-corrected chi connectivity index (χ2v) is 6.28. The molecule has 0 bridgehead atoms. The normalized spacial score (nSPS) is 16.4. The van der Waals surface area contributed by atoms with Gasteiger partial charge in [0.05, 0.1) is 4.92 Å². The van der Waals surface area contributed by atoms with Gasteiger partial charge in [-0.25, -0.2) is 4.98 Å². The molecule has 1 aromatic heterocycles. The first-order chi connectivity index (χ1) is 12.0. The summed E-state index contributed by atoms with van der Waals surface area (Å²) in [5.41, 5.74) is 7.78. The van der Waals surface area contributed by atoms with Gasteiger partial charge in [0.2, 0.25) is 11.8 Å². The van der Waals surface area contributed by atoms with Crippen LogP contribution in [0.5, 0.6) is 0 Å². The zero-order valence-corrected chi connectivity index (χ0v) is 14.1. The van der Waals surface area contributed by atoms with E-state index in [0.29, 0.717) is 25.7 Å². The first-order valence-corrected chi connectivity index (χ1v) is 8.16. The molecular formula is C17H21N5O3. The molecule has 132 valence electrons. The van der Waals surface area contributed by atoms with Crippen LogP contribution in [0.2, 0.25) is 0 Å². The molecule has 1 saturated heterocycles. The fourth-order valence-electron chi connectivity index (χ4n) is 3.33. The summed E-state index contributed by atoms with van der Waals surface area (Å²) >= 11 is 0. The smallest absolute Gasteiger partial charge is 0.329 e. The molecule has 8 nitrogen and oxygen atoms in total. The molecule has 1 aliphatic rings. The summed E-state index contributed by atoms with van der Waals surface area (Å²) in [6.07, 6.45) is 2.90. The van der Waals surface area contributed by atoms with Gasteiger partial charge in [-0.3, -0.25) is 10.1 Å². The Morgan fingerprint density at radius 3 is 2.72 bits per heavy atom. The van der Waals surface area contributed by atoms with Crippen LogP contribution in [0.1, 0.15) is 24.0 Å². The summed E-state index contributed by atoms with van der Waals surface area (Å²) < 4.78 is 5.55. The molecule has 0 aliphatic carbocycles. The van der Waals surface area contributed by atoms with E-state index in [1.807, 2.05) is 12.1 Å². The third-order valence-electron chi connectivity index (χ3n) is 4.75. The number of nitrogens with one attached hydrogen (secondary N) is 1. The highest BCUT2D eigenvalue weighted by Gasteiger charge is 2.35. The highest BCUT2D eigenvalue weighted by Crippen LogP contribution is 2.36. The van der Waals surface area contributed by atoms with Crippen molar-refractivity contribution in [1.82, 2.24) is 9.97 Å². The van der Waals surface area contributed by atoms with E-state index in [2.05, 4.69) is 34.3 Å². The maximum absolute atomic E-state index is 10.8. The van der Waals surface area contributed by atoms with Crippen molar-refractivity contribution in [3.05, 3.63) is 51.7 Å². The summed E-state index contributed by atoms with van der Waals surface area (Å²) in [5, 5.41) is 14.0. The number of rotatable bonds is 5. The Balaban J connectivity index is 1.84. The van der Waals surface area contributed by atoms with Crippen LogP contribution in [-0.4, -0.2) is 34.6 Å². The number of hydrogen-bond acceptors (Lipinski definition) is 7. The van der Waals surface area contributed by atoms with Gasteiger partial charge in [0, 0.05) is 25.2 Å². The Bertz CT molecular complexity index is 775. The predicted octanol–water partition coefficient (Wildman–Crippen LogP) is 2.44. The van der Waals surface area contributed by atoms with E-state index in [0.717, 1.165) is 19.0 Å². The highest BCUT2D eigenvalue weighted by atomic mass is 16.6. The van der Waals surface area contributed by atoms with Crippen LogP contribution in [0.3, 0.4) is 0 Å². The number of nitrogen functional groups attached to an aromatic ring is 1. The van der Waals surface area contributed by atoms with Gasteiger partial charge < -0.3 is 15.8 Å². The number of nitro groups is 1. The summed E-state index contributed by atoms with van der Waals surface area (Å²) in [4.78, 5) is 18.3. The minimum Gasteiger partial charge on any atom is -0.381 e. The minimum atomic E-state index is -0.591. The molecule has 0 amide bonds. The fraction of sp³-hybridized carbons (Fsp3) is 0.412. The van der Waals surface area contributed by atoms with E-state index in [1.165, 1.54) is 11.1 Å². The monoisotopic (exact) mass is 343 g/mol. The van der Waals surface area contributed by atoms with Gasteiger partial charge >= 0.3 is 5.69 Å². The second-order valence-electron chi connectivity index (χ2n) is 6.28. The lowest BCUT2D eigenvalue weighted by atomic mass is 9.72. The van der Waals surface area contributed by atoms with Gasteiger partial charge in [-0.05, 0) is 30.9 Å². The van der Waals surface area contributed by atoms with E-state index in [-0.39, 0.29) is 16.9 Å². The Hall–Kier alpha value is -2.74. The summed E-state index contributed by atoms with van der Waals surface area (Å²) in [6, 6.07) is 8.32. The number of aromatic nitrogens is 2. The van der Waals surface area contributed by atoms with Crippen molar-refractivity contribution in [3.63, 3.8) is 0 Å². The van der Waals surface area contributed by atoms with Crippen molar-refractivity contribution in [1.29, 1.82) is 0 Å². The average Bonchev–Trinajstić information content (AvgIpc) is 2.61. The van der Waals surface area contributed by atoms with Crippen molar-refractivity contribution in [3.8, 4) is 0 Å². The van der Waals surface area contributed by atoms with Crippen molar-refractivity contribution in [2.75, 3.05) is 30.8 Å². The number of nitrogens with zero attached hydrogens (tertiary/aromatic N) is 3. The zero-order chi connectivity index (χ0) is 17.9. The number of benzene rings is 1. The van der Waals surface area contributed by atoms with Crippen LogP contribution < -0.4 is 11.1 Å². The molecule has 0 atom stereocenters. The summed E-state index contributed by atoms with van der Waals surface area (Å²) in [7, 11) is 0. The molecule has 2 aromatic rings. The number of anilines is 2. The molecule has 1 aliphatic heterocycles.